The Labute approximate surface area is 139 Å². The van der Waals surface area contributed by atoms with E-state index in [9.17, 15) is 0 Å². The molecule has 0 radical (unpaired) electrons. The van der Waals surface area contributed by atoms with Crippen molar-refractivity contribution in [2.24, 2.45) is 5.92 Å². The lowest BCUT2D eigenvalue weighted by molar-refractivity contribution is 0.392. The van der Waals surface area contributed by atoms with Crippen LogP contribution in [0.2, 0.25) is 0 Å². The highest BCUT2D eigenvalue weighted by molar-refractivity contribution is 6.03. The molecule has 0 bridgehead atoms. The molecule has 0 spiro atoms. The van der Waals surface area contributed by atoms with E-state index in [1.807, 2.05) is 26.0 Å². The molecule has 0 aliphatic carbocycles. The van der Waals surface area contributed by atoms with E-state index < -0.39 is 0 Å². The molecular formula is C17H30N6. The quantitative estimate of drug-likeness (QED) is 0.350. The number of unbranched alkanes of at least 4 members (excludes halogenated alkanes) is 2. The molecule has 1 atom stereocenters. The van der Waals surface area contributed by atoms with Crippen LogP contribution < -0.4 is 11.1 Å². The first-order chi connectivity index (χ1) is 11.0. The molecule has 0 aliphatic rings. The Kier molecular flexibility index (Phi) is 8.26. The molecular weight excluding hydrogens is 288 g/mol. The first kappa shape index (κ1) is 19.1. The predicted octanol–water partition coefficient (Wildman–Crippen LogP) is 2.78. The first-order valence-corrected chi connectivity index (χ1v) is 8.18. The van der Waals surface area contributed by atoms with Crippen molar-refractivity contribution in [3.8, 4) is 0 Å². The fourth-order valence-corrected chi connectivity index (χ4v) is 2.25. The number of hydrogen-bond acceptors (Lipinski definition) is 6. The van der Waals surface area contributed by atoms with Gasteiger partial charge in [0.1, 0.15) is 5.82 Å². The summed E-state index contributed by atoms with van der Waals surface area (Å²) in [7, 11) is 4.18. The van der Waals surface area contributed by atoms with Gasteiger partial charge < -0.3 is 21.4 Å². The predicted molar refractivity (Wildman–Crippen MR) is 98.1 cm³/mol. The van der Waals surface area contributed by atoms with Gasteiger partial charge >= 0.3 is 0 Å². The molecule has 6 nitrogen and oxygen atoms in total. The summed E-state index contributed by atoms with van der Waals surface area (Å²) in [6, 6.07) is 0. The van der Waals surface area contributed by atoms with Crippen LogP contribution in [0.15, 0.2) is 18.3 Å². The fourth-order valence-electron chi connectivity index (χ4n) is 2.25. The van der Waals surface area contributed by atoms with E-state index in [2.05, 4.69) is 34.3 Å². The summed E-state index contributed by atoms with van der Waals surface area (Å²) in [5.74, 6) is 0.892. The minimum atomic E-state index is 0.00130. The molecule has 1 unspecified atom stereocenters. The number of hydrogen-bond donors (Lipinski definition) is 3. The normalized spacial score (nSPS) is 12.7. The number of nitrogens with zero attached hydrogens (tertiary/aromatic N) is 3. The zero-order valence-electron chi connectivity index (χ0n) is 14.8. The Bertz CT molecular complexity index is 524. The van der Waals surface area contributed by atoms with Gasteiger partial charge in [0.25, 0.3) is 0 Å². The summed E-state index contributed by atoms with van der Waals surface area (Å²) in [5, 5.41) is 11.4. The number of anilines is 2. The van der Waals surface area contributed by atoms with E-state index in [0.29, 0.717) is 23.0 Å². The monoisotopic (exact) mass is 318 g/mol. The fraction of sp³-hybridized carbons (Fsp3) is 0.588. The highest BCUT2D eigenvalue weighted by atomic mass is 15.1. The van der Waals surface area contributed by atoms with Gasteiger partial charge in [-0.05, 0) is 40.4 Å². The average Bonchev–Trinajstić information content (AvgIpc) is 2.50. The first-order valence-electron chi connectivity index (χ1n) is 8.18. The van der Waals surface area contributed by atoms with Crippen LogP contribution >= 0.6 is 0 Å². The van der Waals surface area contributed by atoms with Crippen LogP contribution in [0.4, 0.5) is 11.8 Å². The number of nitrogen functional groups attached to an aromatic ring is 1. The van der Waals surface area contributed by atoms with Crippen LogP contribution in [0.1, 0.15) is 38.7 Å². The van der Waals surface area contributed by atoms with E-state index >= 15 is 0 Å². The summed E-state index contributed by atoms with van der Waals surface area (Å²) in [5.41, 5.74) is 7.02. The molecule has 4 N–H and O–H groups in total. The third-order valence-electron chi connectivity index (χ3n) is 3.61. The Balaban J connectivity index is 2.48. The number of nitrogens with two attached hydrogens (primary N) is 1. The van der Waals surface area contributed by atoms with Crippen LogP contribution in [-0.2, 0) is 0 Å². The van der Waals surface area contributed by atoms with Gasteiger partial charge in [-0.1, -0.05) is 25.5 Å². The smallest absolute Gasteiger partial charge is 0.224 e. The van der Waals surface area contributed by atoms with Crippen LogP contribution in [0.25, 0.3) is 0 Å². The standard InChI is InChI=1S/C17H30N6/c1-5-9-13(2)15(18)14-12-21-17(22-16(14)19)20-10-7-6-8-11-23(3)4/h5,9,12-13,18H,6-8,10-11H2,1-4H3,(H3,19,20,21,22)/b9-5-,18-15?. The maximum absolute atomic E-state index is 8.16. The van der Waals surface area contributed by atoms with Crippen molar-refractivity contribution < 1.29 is 0 Å². The van der Waals surface area contributed by atoms with Crippen molar-refractivity contribution in [2.45, 2.75) is 33.1 Å². The molecule has 128 valence electrons. The Morgan fingerprint density at radius 2 is 2.13 bits per heavy atom. The van der Waals surface area contributed by atoms with E-state index in [4.69, 9.17) is 11.1 Å². The Morgan fingerprint density at radius 3 is 2.74 bits per heavy atom. The number of rotatable bonds is 10. The van der Waals surface area contributed by atoms with Crippen molar-refractivity contribution in [2.75, 3.05) is 38.2 Å². The largest absolute Gasteiger partial charge is 0.383 e. The van der Waals surface area contributed by atoms with Crippen molar-refractivity contribution in [1.82, 2.24) is 14.9 Å². The van der Waals surface area contributed by atoms with Gasteiger partial charge in [0.2, 0.25) is 5.95 Å². The third-order valence-corrected chi connectivity index (χ3v) is 3.61. The van der Waals surface area contributed by atoms with Gasteiger partial charge in [0.15, 0.2) is 0 Å². The second-order valence-corrected chi connectivity index (χ2v) is 6.01. The number of allylic oxidation sites excluding steroid dienone is 2. The molecule has 1 aromatic heterocycles. The minimum absolute atomic E-state index is 0.00130. The number of nitrogens with one attached hydrogen (secondary N) is 2. The second-order valence-electron chi connectivity index (χ2n) is 6.01. The van der Waals surface area contributed by atoms with Crippen molar-refractivity contribution in [3.05, 3.63) is 23.9 Å². The van der Waals surface area contributed by atoms with Crippen LogP contribution in [0.5, 0.6) is 0 Å². The SMILES string of the molecule is C/C=C\C(C)C(=N)c1cnc(NCCCCCN(C)C)nc1N. The molecule has 1 rings (SSSR count). The van der Waals surface area contributed by atoms with Crippen LogP contribution in [0.3, 0.4) is 0 Å². The highest BCUT2D eigenvalue weighted by Gasteiger charge is 2.13. The minimum Gasteiger partial charge on any atom is -0.383 e. The Morgan fingerprint density at radius 1 is 1.39 bits per heavy atom. The van der Waals surface area contributed by atoms with Gasteiger partial charge in [-0.3, -0.25) is 0 Å². The maximum atomic E-state index is 8.16. The topological polar surface area (TPSA) is 90.9 Å². The van der Waals surface area contributed by atoms with E-state index in [1.54, 1.807) is 6.20 Å². The highest BCUT2D eigenvalue weighted by Crippen LogP contribution is 2.16. The zero-order valence-corrected chi connectivity index (χ0v) is 14.8. The van der Waals surface area contributed by atoms with Gasteiger partial charge in [-0.15, -0.1) is 0 Å². The number of aromatic nitrogens is 2. The van der Waals surface area contributed by atoms with E-state index in [-0.39, 0.29) is 5.92 Å². The lowest BCUT2D eigenvalue weighted by atomic mass is 9.99. The van der Waals surface area contributed by atoms with Crippen LogP contribution in [0, 0.1) is 11.3 Å². The average molecular weight is 318 g/mol. The van der Waals surface area contributed by atoms with Crippen LogP contribution in [-0.4, -0.2) is 47.8 Å². The van der Waals surface area contributed by atoms with E-state index in [0.717, 1.165) is 19.5 Å². The Hall–Kier alpha value is -1.95. The van der Waals surface area contributed by atoms with E-state index in [1.165, 1.54) is 12.8 Å². The zero-order chi connectivity index (χ0) is 17.2. The lowest BCUT2D eigenvalue weighted by Crippen LogP contribution is -2.15. The summed E-state index contributed by atoms with van der Waals surface area (Å²) in [4.78, 5) is 10.7. The molecule has 0 aromatic carbocycles. The molecule has 1 heterocycles. The molecule has 0 amide bonds. The third kappa shape index (κ3) is 6.78. The molecule has 0 saturated carbocycles. The second kappa shape index (κ2) is 9.94. The van der Waals surface area contributed by atoms with Crippen molar-refractivity contribution in [3.63, 3.8) is 0 Å². The molecule has 0 aliphatic heterocycles. The summed E-state index contributed by atoms with van der Waals surface area (Å²) < 4.78 is 0. The van der Waals surface area contributed by atoms with Gasteiger partial charge in [-0.2, -0.15) is 4.98 Å². The molecule has 6 heteroatoms. The lowest BCUT2D eigenvalue weighted by Gasteiger charge is -2.12. The van der Waals surface area contributed by atoms with Gasteiger partial charge in [0.05, 0.1) is 11.3 Å². The summed E-state index contributed by atoms with van der Waals surface area (Å²) >= 11 is 0. The van der Waals surface area contributed by atoms with Crippen molar-refractivity contribution >= 4 is 17.5 Å². The maximum Gasteiger partial charge on any atom is 0.224 e. The van der Waals surface area contributed by atoms with Gasteiger partial charge in [-0.25, -0.2) is 4.98 Å². The van der Waals surface area contributed by atoms with Crippen molar-refractivity contribution in [1.29, 1.82) is 5.41 Å². The molecule has 0 saturated heterocycles. The summed E-state index contributed by atoms with van der Waals surface area (Å²) in [6.45, 7) is 5.85. The molecule has 1 aromatic rings. The molecule has 0 fully saturated rings. The van der Waals surface area contributed by atoms with Gasteiger partial charge in [0, 0.05) is 18.7 Å². The molecule has 23 heavy (non-hydrogen) atoms. The summed E-state index contributed by atoms with van der Waals surface area (Å²) in [6.07, 6.45) is 8.97.